The van der Waals surface area contributed by atoms with Gasteiger partial charge in [-0.05, 0) is 24.1 Å². The van der Waals surface area contributed by atoms with Gasteiger partial charge in [-0.15, -0.1) is 0 Å². The Morgan fingerprint density at radius 2 is 2.06 bits per heavy atom. The summed E-state index contributed by atoms with van der Waals surface area (Å²) in [5.41, 5.74) is 3.17. The van der Waals surface area contributed by atoms with Crippen LogP contribution < -0.4 is 0 Å². The van der Waals surface area contributed by atoms with Crippen LogP contribution in [-0.2, 0) is 13.0 Å². The molecule has 0 fully saturated rings. The summed E-state index contributed by atoms with van der Waals surface area (Å²) in [6.07, 6.45) is 7.33. The summed E-state index contributed by atoms with van der Waals surface area (Å²) in [5.74, 6) is 0.0751. The molecule has 0 radical (unpaired) electrons. The number of hydrogen-bond donors (Lipinski definition) is 1. The van der Waals surface area contributed by atoms with Crippen molar-refractivity contribution in [3.05, 3.63) is 78.3 Å². The molecule has 0 saturated carbocycles. The Balaban J connectivity index is 1.57. The first-order valence-electron chi connectivity index (χ1n) is 10.4. The smallest absolute Gasteiger partial charge is 0.252 e. The van der Waals surface area contributed by atoms with Crippen molar-refractivity contribution >= 4 is 11.0 Å². The lowest BCUT2D eigenvalue weighted by Crippen LogP contribution is -2.14. The largest absolute Gasteiger partial charge is 0.391 e. The van der Waals surface area contributed by atoms with Crippen LogP contribution in [0.5, 0.6) is 0 Å². The lowest BCUT2D eigenvalue weighted by molar-refractivity contribution is 0.151. The third kappa shape index (κ3) is 3.78. The molecule has 162 valence electrons. The molecule has 4 heterocycles. The van der Waals surface area contributed by atoms with E-state index in [0.29, 0.717) is 47.1 Å². The number of halogens is 1. The Morgan fingerprint density at radius 1 is 1.19 bits per heavy atom. The predicted octanol–water partition coefficient (Wildman–Crippen LogP) is 3.77. The zero-order valence-electron chi connectivity index (χ0n) is 17.4. The molecular formula is C23H21FN6O2. The van der Waals surface area contributed by atoms with E-state index in [1.54, 1.807) is 41.3 Å². The standard InChI is InChI=1S/C23H21FN6O2/c1-2-17(31)13-29-9-7-16-12-25-23(26-22(16)29)30-14-18(20-8-10-32-28-20)21(27-30)11-15-5-3-4-6-19(15)24/h3-10,12,14,17,31H,2,11,13H2,1H3. The highest BCUT2D eigenvalue weighted by Gasteiger charge is 2.18. The molecule has 0 spiro atoms. The van der Waals surface area contributed by atoms with Crippen molar-refractivity contribution in [3.63, 3.8) is 0 Å². The van der Waals surface area contributed by atoms with Crippen molar-refractivity contribution in [1.82, 2.24) is 29.5 Å². The van der Waals surface area contributed by atoms with Gasteiger partial charge in [-0.1, -0.05) is 30.3 Å². The highest BCUT2D eigenvalue weighted by atomic mass is 19.1. The van der Waals surface area contributed by atoms with Crippen LogP contribution in [0.1, 0.15) is 24.6 Å². The minimum atomic E-state index is -0.458. The van der Waals surface area contributed by atoms with Crippen molar-refractivity contribution in [3.8, 4) is 17.2 Å². The first-order valence-corrected chi connectivity index (χ1v) is 10.4. The summed E-state index contributed by atoms with van der Waals surface area (Å²) >= 11 is 0. The average Bonchev–Trinajstić information content (AvgIpc) is 3.55. The normalized spacial score (nSPS) is 12.5. The van der Waals surface area contributed by atoms with E-state index in [4.69, 9.17) is 4.52 Å². The molecule has 4 aromatic heterocycles. The van der Waals surface area contributed by atoms with E-state index in [0.717, 1.165) is 5.39 Å². The van der Waals surface area contributed by atoms with Gasteiger partial charge in [0, 0.05) is 48.6 Å². The first-order chi connectivity index (χ1) is 15.6. The highest BCUT2D eigenvalue weighted by molar-refractivity contribution is 5.75. The summed E-state index contributed by atoms with van der Waals surface area (Å²) in [5, 5.41) is 19.6. The van der Waals surface area contributed by atoms with Gasteiger partial charge >= 0.3 is 0 Å². The molecular weight excluding hydrogens is 411 g/mol. The number of benzene rings is 1. The molecule has 1 unspecified atom stereocenters. The molecule has 1 N–H and O–H groups in total. The maximum Gasteiger partial charge on any atom is 0.252 e. The third-order valence-electron chi connectivity index (χ3n) is 5.39. The monoisotopic (exact) mass is 432 g/mol. The number of aliphatic hydroxyl groups is 1. The topological polar surface area (TPSA) is 94.8 Å². The van der Waals surface area contributed by atoms with Crippen LogP contribution >= 0.6 is 0 Å². The van der Waals surface area contributed by atoms with Gasteiger partial charge in [0.15, 0.2) is 0 Å². The quantitative estimate of drug-likeness (QED) is 0.421. The predicted molar refractivity (Wildman–Crippen MR) is 116 cm³/mol. The molecule has 8 nitrogen and oxygen atoms in total. The Labute approximate surface area is 182 Å². The molecule has 0 aliphatic carbocycles. The van der Waals surface area contributed by atoms with Crippen LogP contribution in [0.25, 0.3) is 28.2 Å². The van der Waals surface area contributed by atoms with Crippen LogP contribution in [-0.4, -0.2) is 40.7 Å². The number of aliphatic hydroxyl groups excluding tert-OH is 1. The van der Waals surface area contributed by atoms with Crippen molar-refractivity contribution in [2.45, 2.75) is 32.4 Å². The molecule has 0 bridgehead atoms. The van der Waals surface area contributed by atoms with E-state index >= 15 is 0 Å². The molecule has 0 saturated heterocycles. The SMILES string of the molecule is CCC(O)Cn1ccc2cnc(-n3cc(-c4ccon4)c(Cc4ccccc4F)n3)nc21. The lowest BCUT2D eigenvalue weighted by atomic mass is 10.1. The number of rotatable bonds is 7. The molecule has 1 aromatic carbocycles. The Morgan fingerprint density at radius 3 is 2.84 bits per heavy atom. The maximum absolute atomic E-state index is 14.3. The van der Waals surface area contributed by atoms with Gasteiger partial charge in [0.05, 0.1) is 11.8 Å². The van der Waals surface area contributed by atoms with Crippen LogP contribution in [0.3, 0.4) is 0 Å². The van der Waals surface area contributed by atoms with Gasteiger partial charge in [-0.3, -0.25) is 0 Å². The van der Waals surface area contributed by atoms with Crippen LogP contribution in [0, 0.1) is 5.82 Å². The zero-order chi connectivity index (χ0) is 22.1. The molecule has 5 aromatic rings. The number of hydrogen-bond acceptors (Lipinski definition) is 6. The Bertz CT molecular complexity index is 1360. The van der Waals surface area contributed by atoms with Gasteiger partial charge in [0.1, 0.15) is 23.4 Å². The number of aromatic nitrogens is 6. The molecule has 0 aliphatic heterocycles. The van der Waals surface area contributed by atoms with Gasteiger partial charge in [0.25, 0.3) is 5.95 Å². The summed E-state index contributed by atoms with van der Waals surface area (Å²) in [7, 11) is 0. The molecule has 5 rings (SSSR count). The van der Waals surface area contributed by atoms with Crippen molar-refractivity contribution in [2.24, 2.45) is 0 Å². The first kappa shape index (κ1) is 20.1. The number of nitrogens with zero attached hydrogens (tertiary/aromatic N) is 6. The van der Waals surface area contributed by atoms with E-state index in [9.17, 15) is 9.50 Å². The average molecular weight is 432 g/mol. The minimum Gasteiger partial charge on any atom is -0.391 e. The summed E-state index contributed by atoms with van der Waals surface area (Å²) in [4.78, 5) is 9.12. The highest BCUT2D eigenvalue weighted by Crippen LogP contribution is 2.26. The molecule has 9 heteroatoms. The van der Waals surface area contributed by atoms with Gasteiger partial charge in [-0.2, -0.15) is 10.1 Å². The van der Waals surface area contributed by atoms with E-state index in [1.807, 2.05) is 23.8 Å². The Kier molecular flexibility index (Phi) is 5.24. The van der Waals surface area contributed by atoms with Gasteiger partial charge < -0.3 is 14.2 Å². The third-order valence-corrected chi connectivity index (χ3v) is 5.39. The molecule has 32 heavy (non-hydrogen) atoms. The summed E-state index contributed by atoms with van der Waals surface area (Å²) in [6.45, 7) is 2.38. The van der Waals surface area contributed by atoms with E-state index in [-0.39, 0.29) is 12.2 Å². The maximum atomic E-state index is 14.3. The molecule has 0 aliphatic rings. The van der Waals surface area contributed by atoms with Crippen molar-refractivity contribution in [1.29, 1.82) is 0 Å². The fraction of sp³-hybridized carbons (Fsp3) is 0.217. The summed E-state index contributed by atoms with van der Waals surface area (Å²) < 4.78 is 22.7. The van der Waals surface area contributed by atoms with Crippen molar-refractivity contribution in [2.75, 3.05) is 0 Å². The fourth-order valence-corrected chi connectivity index (χ4v) is 3.61. The second-order valence-corrected chi connectivity index (χ2v) is 7.57. The molecule has 1 atom stereocenters. The molecule has 0 amide bonds. The van der Waals surface area contributed by atoms with Crippen molar-refractivity contribution < 1.29 is 14.0 Å². The minimum absolute atomic E-state index is 0.281. The van der Waals surface area contributed by atoms with Crippen LogP contribution in [0.2, 0.25) is 0 Å². The zero-order valence-corrected chi connectivity index (χ0v) is 17.4. The Hall–Kier alpha value is -3.85. The fourth-order valence-electron chi connectivity index (χ4n) is 3.61. The van der Waals surface area contributed by atoms with E-state index in [2.05, 4.69) is 20.2 Å². The van der Waals surface area contributed by atoms with E-state index in [1.165, 1.54) is 12.3 Å². The van der Waals surface area contributed by atoms with E-state index < -0.39 is 6.10 Å². The van der Waals surface area contributed by atoms with Crippen LogP contribution in [0.15, 0.2) is 65.8 Å². The summed E-state index contributed by atoms with van der Waals surface area (Å²) in [6, 6.07) is 10.3. The number of fused-ring (bicyclic) bond motifs is 1. The van der Waals surface area contributed by atoms with Crippen LogP contribution in [0.4, 0.5) is 4.39 Å². The van der Waals surface area contributed by atoms with Gasteiger partial charge in [0.2, 0.25) is 0 Å². The second-order valence-electron chi connectivity index (χ2n) is 7.57. The lowest BCUT2D eigenvalue weighted by Gasteiger charge is -2.10. The second kappa shape index (κ2) is 8.35. The van der Waals surface area contributed by atoms with Gasteiger partial charge in [-0.25, -0.2) is 14.1 Å².